The minimum Gasteiger partial charge on any atom is -0.206 e. The van der Waals surface area contributed by atoms with Gasteiger partial charge in [-0.15, -0.1) is 0 Å². The first-order chi connectivity index (χ1) is 10.0. The molecule has 0 unspecified atom stereocenters. The van der Waals surface area contributed by atoms with Gasteiger partial charge >= 0.3 is 0 Å². The number of fused-ring (bicyclic) bond motifs is 1. The maximum Gasteiger partial charge on any atom is 0.255 e. The van der Waals surface area contributed by atoms with E-state index in [4.69, 9.17) is 23.2 Å². The molecule has 0 bridgehead atoms. The highest BCUT2D eigenvalue weighted by Gasteiger charge is 2.22. The van der Waals surface area contributed by atoms with Gasteiger partial charge in [0.05, 0.1) is 11.1 Å². The minimum atomic E-state index is -0.802. The summed E-state index contributed by atoms with van der Waals surface area (Å²) in [6.07, 6.45) is 1.21. The van der Waals surface area contributed by atoms with E-state index in [1.54, 1.807) is 0 Å². The van der Waals surface area contributed by atoms with Gasteiger partial charge in [0.25, 0.3) is 5.78 Å². The molecule has 0 fully saturated rings. The molecular weight excluding hydrogens is 341 g/mol. The van der Waals surface area contributed by atoms with Crippen molar-refractivity contribution in [2.75, 3.05) is 0 Å². The quantitative estimate of drug-likeness (QED) is 0.566. The van der Waals surface area contributed by atoms with Gasteiger partial charge in [0.15, 0.2) is 0 Å². The topological polar surface area (TPSA) is 43.1 Å². The van der Waals surface area contributed by atoms with Gasteiger partial charge in [-0.05, 0) is 17.7 Å². The first-order valence-electron chi connectivity index (χ1n) is 5.66. The smallest absolute Gasteiger partial charge is 0.206 e. The third-order valence-corrected chi connectivity index (χ3v) is 3.85. The summed E-state index contributed by atoms with van der Waals surface area (Å²) in [5, 5.41) is 3.61. The molecule has 0 amide bonds. The molecule has 0 aliphatic heterocycles. The van der Waals surface area contributed by atoms with E-state index in [1.165, 1.54) is 18.5 Å². The van der Waals surface area contributed by atoms with Crippen LogP contribution in [0.3, 0.4) is 0 Å². The van der Waals surface area contributed by atoms with Crippen LogP contribution >= 0.6 is 35.8 Å². The fourth-order valence-electron chi connectivity index (χ4n) is 1.95. The van der Waals surface area contributed by atoms with Crippen LogP contribution in [0.15, 0.2) is 18.5 Å². The zero-order valence-corrected chi connectivity index (χ0v) is 12.6. The van der Waals surface area contributed by atoms with Crippen LogP contribution < -0.4 is 0 Å². The third-order valence-electron chi connectivity index (χ3n) is 2.86. The second kappa shape index (κ2) is 5.40. The van der Waals surface area contributed by atoms with Crippen LogP contribution in [-0.4, -0.2) is 19.6 Å². The molecule has 0 aliphatic rings. The zero-order valence-electron chi connectivity index (χ0n) is 10.2. The molecule has 0 atom stereocenters. The van der Waals surface area contributed by atoms with Gasteiger partial charge in [-0.1, -0.05) is 23.2 Å². The number of benzene rings is 1. The van der Waals surface area contributed by atoms with E-state index in [1.807, 2.05) is 0 Å². The lowest BCUT2D eigenvalue weighted by molar-refractivity contribution is 0.587. The molecule has 21 heavy (non-hydrogen) atoms. The molecule has 108 valence electrons. The Morgan fingerprint density at radius 3 is 2.43 bits per heavy atom. The van der Waals surface area contributed by atoms with E-state index in [0.717, 1.165) is 4.52 Å². The molecule has 0 saturated carbocycles. The van der Waals surface area contributed by atoms with E-state index >= 15 is 0 Å². The SMILES string of the molecule is Fc1cc(CS)cc(F)c1-c1c(Cl)nc2ncnn2c1Cl. The first kappa shape index (κ1) is 14.5. The molecule has 4 nitrogen and oxygen atoms in total. The van der Waals surface area contributed by atoms with E-state index in [9.17, 15) is 8.78 Å². The third kappa shape index (κ3) is 2.35. The molecule has 0 radical (unpaired) electrons. The summed E-state index contributed by atoms with van der Waals surface area (Å²) in [4.78, 5) is 7.74. The van der Waals surface area contributed by atoms with Crippen molar-refractivity contribution in [3.05, 3.63) is 46.0 Å². The summed E-state index contributed by atoms with van der Waals surface area (Å²) in [5.41, 5.74) is -0.0309. The van der Waals surface area contributed by atoms with E-state index < -0.39 is 11.6 Å². The lowest BCUT2D eigenvalue weighted by atomic mass is 10.1. The predicted molar refractivity (Wildman–Crippen MR) is 78.8 cm³/mol. The van der Waals surface area contributed by atoms with Crippen LogP contribution in [0.4, 0.5) is 8.78 Å². The van der Waals surface area contributed by atoms with Gasteiger partial charge in [0.1, 0.15) is 28.3 Å². The highest BCUT2D eigenvalue weighted by atomic mass is 35.5. The number of aromatic nitrogens is 4. The number of hydrogen-bond donors (Lipinski definition) is 1. The normalized spacial score (nSPS) is 11.3. The van der Waals surface area contributed by atoms with Crippen molar-refractivity contribution in [2.24, 2.45) is 0 Å². The standard InChI is InChI=1S/C12H6Cl2F2N4S/c13-10-9(11(14)20-12(19-10)17-4-18-20)8-6(15)1-5(3-21)2-7(8)16/h1-2,4,21H,3H2. The maximum absolute atomic E-state index is 14.2. The van der Waals surface area contributed by atoms with Crippen LogP contribution in [0.25, 0.3) is 16.9 Å². The highest BCUT2D eigenvalue weighted by molar-refractivity contribution is 7.79. The first-order valence-corrected chi connectivity index (χ1v) is 7.05. The monoisotopic (exact) mass is 346 g/mol. The molecule has 0 aliphatic carbocycles. The Morgan fingerprint density at radius 1 is 1.14 bits per heavy atom. The van der Waals surface area contributed by atoms with Gasteiger partial charge in [0, 0.05) is 5.75 Å². The molecule has 3 rings (SSSR count). The van der Waals surface area contributed by atoms with Crippen molar-refractivity contribution in [2.45, 2.75) is 5.75 Å². The van der Waals surface area contributed by atoms with Gasteiger partial charge in [0.2, 0.25) is 0 Å². The van der Waals surface area contributed by atoms with Crippen LogP contribution in [0, 0.1) is 11.6 Å². The molecule has 1 aromatic carbocycles. The molecule has 0 spiro atoms. The lowest BCUT2D eigenvalue weighted by Crippen LogP contribution is -2.01. The summed E-state index contributed by atoms with van der Waals surface area (Å²) in [6, 6.07) is 2.34. The molecule has 9 heteroatoms. The molecular formula is C12H6Cl2F2N4S. The number of hydrogen-bond acceptors (Lipinski definition) is 4. The van der Waals surface area contributed by atoms with Gasteiger partial charge < -0.3 is 0 Å². The number of nitrogens with zero attached hydrogens (tertiary/aromatic N) is 4. The van der Waals surface area contributed by atoms with Gasteiger partial charge in [-0.2, -0.15) is 32.2 Å². The van der Waals surface area contributed by atoms with Gasteiger partial charge in [-0.3, -0.25) is 0 Å². The molecule has 3 aromatic rings. The van der Waals surface area contributed by atoms with Crippen LogP contribution in [-0.2, 0) is 5.75 Å². The fraction of sp³-hybridized carbons (Fsp3) is 0.0833. The Kier molecular flexibility index (Phi) is 3.73. The largest absolute Gasteiger partial charge is 0.255 e. The number of halogens is 4. The van der Waals surface area contributed by atoms with Crippen LogP contribution in [0.1, 0.15) is 5.56 Å². The Morgan fingerprint density at radius 2 is 1.81 bits per heavy atom. The van der Waals surface area contributed by atoms with Crippen LogP contribution in [0.5, 0.6) is 0 Å². The second-order valence-electron chi connectivity index (χ2n) is 4.13. The van der Waals surface area contributed by atoms with Crippen molar-refractivity contribution < 1.29 is 8.78 Å². The highest BCUT2D eigenvalue weighted by Crippen LogP contribution is 2.37. The predicted octanol–water partition coefficient (Wildman–Crippen LogP) is 3.81. The van der Waals surface area contributed by atoms with Crippen molar-refractivity contribution in [1.29, 1.82) is 0 Å². The Hall–Kier alpha value is -1.44. The summed E-state index contributed by atoms with van der Waals surface area (Å²) in [6.45, 7) is 0. The van der Waals surface area contributed by atoms with E-state index in [-0.39, 0.29) is 33.0 Å². The number of rotatable bonds is 2. The molecule has 2 aromatic heterocycles. The molecule has 0 N–H and O–H groups in total. The number of thiol groups is 1. The Bertz CT molecular complexity index is 830. The van der Waals surface area contributed by atoms with Crippen molar-refractivity contribution in [3.8, 4) is 11.1 Å². The summed E-state index contributed by atoms with van der Waals surface area (Å²) < 4.78 is 29.6. The minimum absolute atomic E-state index is 0.0704. The van der Waals surface area contributed by atoms with E-state index in [2.05, 4.69) is 27.7 Å². The summed E-state index contributed by atoms with van der Waals surface area (Å²) in [5.74, 6) is -1.26. The summed E-state index contributed by atoms with van der Waals surface area (Å²) >= 11 is 16.1. The Labute approximate surface area is 133 Å². The molecule has 2 heterocycles. The zero-order chi connectivity index (χ0) is 15.1. The lowest BCUT2D eigenvalue weighted by Gasteiger charge is -2.11. The van der Waals surface area contributed by atoms with Crippen LogP contribution in [0.2, 0.25) is 10.3 Å². The summed E-state index contributed by atoms with van der Waals surface area (Å²) in [7, 11) is 0. The van der Waals surface area contributed by atoms with Gasteiger partial charge in [-0.25, -0.2) is 8.78 Å². The van der Waals surface area contributed by atoms with Crippen molar-refractivity contribution in [1.82, 2.24) is 19.6 Å². The van der Waals surface area contributed by atoms with Crippen molar-refractivity contribution in [3.63, 3.8) is 0 Å². The fourth-order valence-corrected chi connectivity index (χ4v) is 2.74. The Balaban J connectivity index is 2.35. The average molecular weight is 347 g/mol. The van der Waals surface area contributed by atoms with Crippen molar-refractivity contribution >= 4 is 41.6 Å². The molecule has 0 saturated heterocycles. The average Bonchev–Trinajstić information content (AvgIpc) is 2.89. The van der Waals surface area contributed by atoms with E-state index in [0.29, 0.717) is 5.56 Å². The maximum atomic E-state index is 14.2. The second-order valence-corrected chi connectivity index (χ2v) is 5.17.